The van der Waals surface area contributed by atoms with E-state index >= 15 is 0 Å². The first-order chi connectivity index (χ1) is 9.11. The molecule has 1 fully saturated rings. The summed E-state index contributed by atoms with van der Waals surface area (Å²) in [6.45, 7) is 2.21. The molecule has 0 amide bonds. The van der Waals surface area contributed by atoms with Gasteiger partial charge in [0.25, 0.3) is 0 Å². The summed E-state index contributed by atoms with van der Waals surface area (Å²) in [7, 11) is 0. The second-order valence-electron chi connectivity index (χ2n) is 4.99. The van der Waals surface area contributed by atoms with E-state index in [9.17, 15) is 4.79 Å². The number of carbonyl (C=O) groups is 1. The minimum absolute atomic E-state index is 0.0118. The van der Waals surface area contributed by atoms with E-state index < -0.39 is 5.97 Å². The summed E-state index contributed by atoms with van der Waals surface area (Å²) >= 11 is 1.19. The van der Waals surface area contributed by atoms with Crippen molar-refractivity contribution < 1.29 is 9.90 Å². The van der Waals surface area contributed by atoms with Crippen molar-refractivity contribution in [3.63, 3.8) is 0 Å². The van der Waals surface area contributed by atoms with Gasteiger partial charge in [-0.1, -0.05) is 37.9 Å². The lowest BCUT2D eigenvalue weighted by molar-refractivity contribution is -0.133. The summed E-state index contributed by atoms with van der Waals surface area (Å²) in [5, 5.41) is 17.3. The molecule has 0 radical (unpaired) electrons. The molecule has 1 aromatic rings. The van der Waals surface area contributed by atoms with E-state index in [1.165, 1.54) is 31.0 Å². The smallest absolute Gasteiger partial charge is 0.313 e. The van der Waals surface area contributed by atoms with Crippen LogP contribution in [0, 0.1) is 5.92 Å². The predicted octanol–water partition coefficient (Wildman–Crippen LogP) is 2.18. The Hall–Kier alpha value is -1.24. The Morgan fingerprint density at radius 3 is 3.00 bits per heavy atom. The van der Waals surface area contributed by atoms with Gasteiger partial charge in [-0.3, -0.25) is 9.36 Å². The molecule has 2 unspecified atom stereocenters. The Labute approximate surface area is 116 Å². The van der Waals surface area contributed by atoms with Crippen LogP contribution in [0.5, 0.6) is 0 Å². The first-order valence-electron chi connectivity index (χ1n) is 6.66. The van der Waals surface area contributed by atoms with Gasteiger partial charge in [-0.05, 0) is 18.8 Å². The van der Waals surface area contributed by atoms with Crippen molar-refractivity contribution in [2.45, 2.75) is 50.2 Å². The standard InChI is InChI=1S/C12H20N4O2S/c1-2-8-4-3-5-9(6-8)16-11(13)14-15-12(16)19-7-10(17)18/h8-9H,2-7H2,1H3,(H2,13,14)(H,17,18). The molecule has 0 aliphatic heterocycles. The molecule has 0 spiro atoms. The van der Waals surface area contributed by atoms with Crippen LogP contribution < -0.4 is 5.73 Å². The maximum atomic E-state index is 10.7. The number of anilines is 1. The molecule has 106 valence electrons. The van der Waals surface area contributed by atoms with Crippen LogP contribution in [0.2, 0.25) is 0 Å². The fraction of sp³-hybridized carbons (Fsp3) is 0.750. The van der Waals surface area contributed by atoms with E-state index in [2.05, 4.69) is 17.1 Å². The summed E-state index contributed by atoms with van der Waals surface area (Å²) in [6.07, 6.45) is 5.78. The number of hydrogen-bond donors (Lipinski definition) is 2. The monoisotopic (exact) mass is 284 g/mol. The molecule has 1 aliphatic carbocycles. The average Bonchev–Trinajstić information content (AvgIpc) is 2.77. The number of carboxylic acids is 1. The lowest BCUT2D eigenvalue weighted by atomic mass is 9.84. The number of nitrogen functional groups attached to an aromatic ring is 1. The normalized spacial score (nSPS) is 23.4. The summed E-state index contributed by atoms with van der Waals surface area (Å²) in [5.41, 5.74) is 5.89. The van der Waals surface area contributed by atoms with E-state index in [4.69, 9.17) is 10.8 Å². The fourth-order valence-corrected chi connectivity index (χ4v) is 3.46. The Morgan fingerprint density at radius 2 is 2.32 bits per heavy atom. The summed E-state index contributed by atoms with van der Waals surface area (Å²) in [6, 6.07) is 0.310. The van der Waals surface area contributed by atoms with E-state index in [1.54, 1.807) is 0 Å². The highest BCUT2D eigenvalue weighted by molar-refractivity contribution is 7.99. The second kappa shape index (κ2) is 6.27. The average molecular weight is 284 g/mol. The molecule has 6 nitrogen and oxygen atoms in total. The fourth-order valence-electron chi connectivity index (χ4n) is 2.72. The van der Waals surface area contributed by atoms with Gasteiger partial charge >= 0.3 is 5.97 Å². The maximum Gasteiger partial charge on any atom is 0.313 e. The van der Waals surface area contributed by atoms with Crippen LogP contribution in [0.4, 0.5) is 5.95 Å². The number of nitrogens with zero attached hydrogens (tertiary/aromatic N) is 3. The lowest BCUT2D eigenvalue weighted by Gasteiger charge is -2.30. The number of carboxylic acid groups (broad SMARTS) is 1. The number of hydrogen-bond acceptors (Lipinski definition) is 5. The second-order valence-corrected chi connectivity index (χ2v) is 5.93. The van der Waals surface area contributed by atoms with Crippen LogP contribution in [-0.2, 0) is 4.79 Å². The summed E-state index contributed by atoms with van der Waals surface area (Å²) in [4.78, 5) is 10.7. The Kier molecular flexibility index (Phi) is 4.68. The van der Waals surface area contributed by atoms with Crippen molar-refractivity contribution in [2.24, 2.45) is 5.92 Å². The van der Waals surface area contributed by atoms with Crippen LogP contribution in [-0.4, -0.2) is 31.6 Å². The molecule has 3 N–H and O–H groups in total. The molecule has 1 saturated carbocycles. The summed E-state index contributed by atoms with van der Waals surface area (Å²) in [5.74, 6) is 0.253. The van der Waals surface area contributed by atoms with Crippen LogP contribution >= 0.6 is 11.8 Å². The lowest BCUT2D eigenvalue weighted by Crippen LogP contribution is -2.21. The van der Waals surface area contributed by atoms with Gasteiger partial charge in [0.05, 0.1) is 5.75 Å². The van der Waals surface area contributed by atoms with Gasteiger partial charge < -0.3 is 10.8 Å². The van der Waals surface area contributed by atoms with Crippen LogP contribution in [0.3, 0.4) is 0 Å². The molecule has 1 heterocycles. The molecule has 1 aromatic heterocycles. The van der Waals surface area contributed by atoms with Gasteiger partial charge in [0.2, 0.25) is 5.95 Å². The van der Waals surface area contributed by atoms with Crippen molar-refractivity contribution in [1.82, 2.24) is 14.8 Å². The van der Waals surface area contributed by atoms with Crippen LogP contribution in [0.1, 0.15) is 45.1 Å². The van der Waals surface area contributed by atoms with Crippen molar-refractivity contribution >= 4 is 23.7 Å². The van der Waals surface area contributed by atoms with Gasteiger partial charge in [-0.2, -0.15) is 0 Å². The molecular weight excluding hydrogens is 264 g/mol. The number of nitrogens with two attached hydrogens (primary N) is 1. The highest BCUT2D eigenvalue weighted by Gasteiger charge is 2.26. The number of aliphatic carboxylic acids is 1. The molecule has 7 heteroatoms. The predicted molar refractivity (Wildman–Crippen MR) is 74.1 cm³/mol. The Morgan fingerprint density at radius 1 is 1.53 bits per heavy atom. The van der Waals surface area contributed by atoms with E-state index in [0.29, 0.717) is 17.1 Å². The van der Waals surface area contributed by atoms with Gasteiger partial charge in [0.1, 0.15) is 0 Å². The number of rotatable bonds is 5. The first-order valence-corrected chi connectivity index (χ1v) is 7.65. The van der Waals surface area contributed by atoms with Crippen molar-refractivity contribution in [3.8, 4) is 0 Å². The highest BCUT2D eigenvalue weighted by Crippen LogP contribution is 2.37. The van der Waals surface area contributed by atoms with Gasteiger partial charge in [-0.25, -0.2) is 0 Å². The third kappa shape index (κ3) is 3.40. The highest BCUT2D eigenvalue weighted by atomic mass is 32.2. The van der Waals surface area contributed by atoms with E-state index in [1.807, 2.05) is 4.57 Å². The van der Waals surface area contributed by atoms with E-state index in [0.717, 1.165) is 18.8 Å². The quantitative estimate of drug-likeness (QED) is 0.805. The third-order valence-corrected chi connectivity index (χ3v) is 4.64. The first kappa shape index (κ1) is 14.2. The number of aromatic nitrogens is 3. The van der Waals surface area contributed by atoms with Crippen LogP contribution in [0.25, 0.3) is 0 Å². The maximum absolute atomic E-state index is 10.7. The van der Waals surface area contributed by atoms with Crippen molar-refractivity contribution in [3.05, 3.63) is 0 Å². The zero-order chi connectivity index (χ0) is 13.8. The minimum Gasteiger partial charge on any atom is -0.481 e. The van der Waals surface area contributed by atoms with Crippen molar-refractivity contribution in [2.75, 3.05) is 11.5 Å². The Bertz CT molecular complexity index is 449. The molecule has 19 heavy (non-hydrogen) atoms. The molecule has 0 aromatic carbocycles. The summed E-state index contributed by atoms with van der Waals surface area (Å²) < 4.78 is 1.93. The molecular formula is C12H20N4O2S. The SMILES string of the molecule is CCC1CCCC(n2c(N)nnc2SCC(=O)O)C1. The molecule has 0 bridgehead atoms. The zero-order valence-corrected chi connectivity index (χ0v) is 11.9. The third-order valence-electron chi connectivity index (χ3n) is 3.71. The minimum atomic E-state index is -0.854. The van der Waals surface area contributed by atoms with Gasteiger partial charge in [0, 0.05) is 6.04 Å². The zero-order valence-electron chi connectivity index (χ0n) is 11.1. The van der Waals surface area contributed by atoms with Crippen LogP contribution in [0.15, 0.2) is 5.16 Å². The van der Waals surface area contributed by atoms with Crippen molar-refractivity contribution in [1.29, 1.82) is 0 Å². The van der Waals surface area contributed by atoms with E-state index in [-0.39, 0.29) is 5.75 Å². The van der Waals surface area contributed by atoms with Gasteiger partial charge in [-0.15, -0.1) is 10.2 Å². The topological polar surface area (TPSA) is 94.0 Å². The largest absolute Gasteiger partial charge is 0.481 e. The molecule has 1 aliphatic rings. The number of thioether (sulfide) groups is 1. The van der Waals surface area contributed by atoms with Gasteiger partial charge in [0.15, 0.2) is 5.16 Å². The Balaban J connectivity index is 2.13. The molecule has 2 atom stereocenters. The molecule has 2 rings (SSSR count). The molecule has 0 saturated heterocycles.